The molecule has 0 saturated carbocycles. The fourth-order valence-electron chi connectivity index (χ4n) is 2.21. The monoisotopic (exact) mass is 339 g/mol. The largest absolute Gasteiger partial charge is 0.366 e. The number of nitrogens with one attached hydrogen (secondary N) is 1. The Morgan fingerprint density at radius 1 is 1.26 bits per heavy atom. The Labute approximate surface area is 133 Å². The second-order valence-electron chi connectivity index (χ2n) is 5.41. The van der Waals surface area contributed by atoms with Crippen molar-refractivity contribution in [3.05, 3.63) is 35.4 Å². The van der Waals surface area contributed by atoms with Crippen LogP contribution in [0.3, 0.4) is 0 Å². The van der Waals surface area contributed by atoms with Crippen LogP contribution in [0.15, 0.2) is 24.3 Å². The van der Waals surface area contributed by atoms with Crippen LogP contribution in [-0.4, -0.2) is 49.2 Å². The second-order valence-corrected chi connectivity index (χ2v) is 7.67. The number of amides is 4. The topological polar surface area (TPSA) is 127 Å². The molecule has 0 aromatic heterocycles. The van der Waals surface area contributed by atoms with Crippen LogP contribution in [-0.2, 0) is 21.2 Å². The van der Waals surface area contributed by atoms with Crippen LogP contribution < -0.4 is 11.1 Å². The van der Waals surface area contributed by atoms with Gasteiger partial charge in [0.25, 0.3) is 5.91 Å². The lowest BCUT2D eigenvalue weighted by Crippen LogP contribution is -2.32. The molecular formula is C14H17N3O5S. The Kier molecular flexibility index (Phi) is 4.69. The molecule has 0 unspecified atom stereocenters. The maximum Gasteiger partial charge on any atom is 0.325 e. The van der Waals surface area contributed by atoms with Gasteiger partial charge in [0.1, 0.15) is 15.9 Å². The fraction of sp³-hybridized carbons (Fsp3) is 0.357. The van der Waals surface area contributed by atoms with E-state index < -0.39 is 33.7 Å². The van der Waals surface area contributed by atoms with Gasteiger partial charge in [0.05, 0.1) is 12.3 Å². The molecule has 0 radical (unpaired) electrons. The lowest BCUT2D eigenvalue weighted by Gasteiger charge is -2.13. The van der Waals surface area contributed by atoms with E-state index in [1.165, 1.54) is 12.1 Å². The number of rotatable bonds is 6. The standard InChI is InChI=1S/C14H17N3O5S/c1-23(21,22)7-6-11-13(19)17(14(20)16-11)8-9-2-4-10(5-3-9)12(15)18/h2-5,11H,6-8H2,1H3,(H2,15,18)(H,16,20)/t11-/m0/s1. The molecule has 1 aliphatic heterocycles. The Hall–Kier alpha value is -2.42. The molecule has 1 aromatic rings. The van der Waals surface area contributed by atoms with E-state index >= 15 is 0 Å². The van der Waals surface area contributed by atoms with E-state index in [9.17, 15) is 22.8 Å². The van der Waals surface area contributed by atoms with Gasteiger partial charge < -0.3 is 11.1 Å². The van der Waals surface area contributed by atoms with Gasteiger partial charge in [-0.2, -0.15) is 0 Å². The number of urea groups is 1. The van der Waals surface area contributed by atoms with Crippen molar-refractivity contribution in [2.45, 2.75) is 19.0 Å². The molecule has 8 nitrogen and oxygen atoms in total. The number of nitrogens with two attached hydrogens (primary N) is 1. The van der Waals surface area contributed by atoms with Crippen molar-refractivity contribution in [2.24, 2.45) is 5.73 Å². The Balaban J connectivity index is 2.04. The summed E-state index contributed by atoms with van der Waals surface area (Å²) in [7, 11) is -3.21. The van der Waals surface area contributed by atoms with Crippen molar-refractivity contribution in [1.82, 2.24) is 10.2 Å². The van der Waals surface area contributed by atoms with Gasteiger partial charge >= 0.3 is 6.03 Å². The number of imide groups is 1. The van der Waals surface area contributed by atoms with Gasteiger partial charge in [0.15, 0.2) is 0 Å². The van der Waals surface area contributed by atoms with Crippen molar-refractivity contribution in [1.29, 1.82) is 0 Å². The van der Waals surface area contributed by atoms with E-state index in [4.69, 9.17) is 5.73 Å². The van der Waals surface area contributed by atoms with Gasteiger partial charge in [-0.15, -0.1) is 0 Å². The van der Waals surface area contributed by atoms with Gasteiger partial charge in [-0.1, -0.05) is 12.1 Å². The molecule has 1 aliphatic rings. The second kappa shape index (κ2) is 6.37. The SMILES string of the molecule is CS(=O)(=O)CC[C@@H]1NC(=O)N(Cc2ccc(C(N)=O)cc2)C1=O. The van der Waals surface area contributed by atoms with Crippen molar-refractivity contribution in [3.63, 3.8) is 0 Å². The summed E-state index contributed by atoms with van der Waals surface area (Å²) in [6.45, 7) is 0.0408. The summed E-state index contributed by atoms with van der Waals surface area (Å²) in [5.74, 6) is -1.20. The van der Waals surface area contributed by atoms with Crippen LogP contribution in [0.1, 0.15) is 22.3 Å². The molecular weight excluding hydrogens is 322 g/mol. The maximum atomic E-state index is 12.2. The van der Waals surface area contributed by atoms with E-state index in [2.05, 4.69) is 5.32 Å². The summed E-state index contributed by atoms with van der Waals surface area (Å²) in [6.07, 6.45) is 1.12. The summed E-state index contributed by atoms with van der Waals surface area (Å²) >= 11 is 0. The summed E-state index contributed by atoms with van der Waals surface area (Å²) in [5.41, 5.74) is 6.13. The summed E-state index contributed by atoms with van der Waals surface area (Å²) < 4.78 is 22.3. The predicted molar refractivity (Wildman–Crippen MR) is 82.2 cm³/mol. The van der Waals surface area contributed by atoms with Gasteiger partial charge in [-0.05, 0) is 24.1 Å². The first-order chi connectivity index (χ1) is 10.7. The smallest absolute Gasteiger partial charge is 0.325 e. The molecule has 4 amide bonds. The van der Waals surface area contributed by atoms with Gasteiger partial charge in [0, 0.05) is 11.8 Å². The highest BCUT2D eigenvalue weighted by Crippen LogP contribution is 2.15. The van der Waals surface area contributed by atoms with E-state index in [0.29, 0.717) is 11.1 Å². The molecule has 3 N–H and O–H groups in total. The van der Waals surface area contributed by atoms with Gasteiger partial charge in [0.2, 0.25) is 5.91 Å². The quantitative estimate of drug-likeness (QED) is 0.684. The number of primary amides is 1. The third kappa shape index (κ3) is 4.28. The number of hydrogen-bond donors (Lipinski definition) is 2. The Bertz CT molecular complexity index is 742. The highest BCUT2D eigenvalue weighted by molar-refractivity contribution is 7.90. The van der Waals surface area contributed by atoms with Crippen molar-refractivity contribution in [3.8, 4) is 0 Å². The predicted octanol–water partition coefficient (Wildman–Crippen LogP) is -0.359. The van der Waals surface area contributed by atoms with Crippen LogP contribution in [0.5, 0.6) is 0 Å². The number of carbonyl (C=O) groups is 3. The minimum atomic E-state index is -3.21. The molecule has 9 heteroatoms. The van der Waals surface area contributed by atoms with E-state index in [-0.39, 0.29) is 18.7 Å². The molecule has 2 rings (SSSR count). The molecule has 23 heavy (non-hydrogen) atoms. The molecule has 0 bridgehead atoms. The van der Waals surface area contributed by atoms with Crippen molar-refractivity contribution < 1.29 is 22.8 Å². The average molecular weight is 339 g/mol. The maximum absolute atomic E-state index is 12.2. The number of nitrogens with zero attached hydrogens (tertiary/aromatic N) is 1. The lowest BCUT2D eigenvalue weighted by atomic mass is 10.1. The number of hydrogen-bond acceptors (Lipinski definition) is 5. The third-order valence-corrected chi connectivity index (χ3v) is 4.44. The van der Waals surface area contributed by atoms with E-state index in [1.807, 2.05) is 0 Å². The van der Waals surface area contributed by atoms with Crippen molar-refractivity contribution in [2.75, 3.05) is 12.0 Å². The van der Waals surface area contributed by atoms with Gasteiger partial charge in [-0.25, -0.2) is 13.2 Å². The Morgan fingerprint density at radius 3 is 2.39 bits per heavy atom. The van der Waals surface area contributed by atoms with Crippen molar-refractivity contribution >= 4 is 27.7 Å². The average Bonchev–Trinajstić information content (AvgIpc) is 2.72. The first-order valence-corrected chi connectivity index (χ1v) is 8.92. The normalized spacial score (nSPS) is 18.1. The number of benzene rings is 1. The van der Waals surface area contributed by atoms with Crippen LogP contribution in [0.25, 0.3) is 0 Å². The molecule has 1 fully saturated rings. The number of carbonyl (C=O) groups excluding carboxylic acids is 3. The zero-order chi connectivity index (χ0) is 17.2. The molecule has 1 heterocycles. The zero-order valence-electron chi connectivity index (χ0n) is 12.5. The van der Waals surface area contributed by atoms with Crippen LogP contribution in [0.2, 0.25) is 0 Å². The first kappa shape index (κ1) is 16.9. The molecule has 0 aliphatic carbocycles. The fourth-order valence-corrected chi connectivity index (χ4v) is 2.88. The number of sulfone groups is 1. The molecule has 1 aromatic carbocycles. The lowest BCUT2D eigenvalue weighted by molar-refractivity contribution is -0.127. The molecule has 0 spiro atoms. The van der Waals surface area contributed by atoms with Crippen LogP contribution in [0, 0.1) is 0 Å². The van der Waals surface area contributed by atoms with Gasteiger partial charge in [-0.3, -0.25) is 14.5 Å². The van der Waals surface area contributed by atoms with Crippen LogP contribution >= 0.6 is 0 Å². The highest BCUT2D eigenvalue weighted by atomic mass is 32.2. The third-order valence-electron chi connectivity index (χ3n) is 3.46. The summed E-state index contributed by atoms with van der Waals surface area (Å²) in [4.78, 5) is 36.1. The van der Waals surface area contributed by atoms with Crippen LogP contribution in [0.4, 0.5) is 4.79 Å². The minimum absolute atomic E-state index is 0.0408. The summed E-state index contributed by atoms with van der Waals surface area (Å²) in [5, 5.41) is 2.48. The molecule has 1 saturated heterocycles. The first-order valence-electron chi connectivity index (χ1n) is 6.86. The molecule has 1 atom stereocenters. The van der Waals surface area contributed by atoms with E-state index in [0.717, 1.165) is 11.2 Å². The summed E-state index contributed by atoms with van der Waals surface area (Å²) in [6, 6.07) is 4.83. The highest BCUT2D eigenvalue weighted by Gasteiger charge is 2.37. The minimum Gasteiger partial charge on any atom is -0.366 e. The van der Waals surface area contributed by atoms with E-state index in [1.54, 1.807) is 12.1 Å². The molecule has 124 valence electrons. The zero-order valence-corrected chi connectivity index (χ0v) is 13.3. The Morgan fingerprint density at radius 2 is 1.87 bits per heavy atom.